The Labute approximate surface area is 148 Å². The molecule has 0 aromatic rings. The topological polar surface area (TPSA) is 145 Å². The van der Waals surface area contributed by atoms with Gasteiger partial charge in [-0.2, -0.15) is 0 Å². The molecule has 4 atom stereocenters. The summed E-state index contributed by atoms with van der Waals surface area (Å²) in [7, 11) is 0. The molecule has 0 saturated carbocycles. The third kappa shape index (κ3) is 12.7. The summed E-state index contributed by atoms with van der Waals surface area (Å²) in [5.41, 5.74) is 10.7. The van der Waals surface area contributed by atoms with E-state index in [2.05, 4.69) is 21.3 Å². The molecule has 8 N–H and O–H groups in total. The van der Waals surface area contributed by atoms with Gasteiger partial charge in [0.15, 0.2) is 0 Å². The van der Waals surface area contributed by atoms with Crippen molar-refractivity contribution < 1.29 is 64.6 Å². The number of aliphatic hydroxyl groups excluding tert-OH is 2. The van der Waals surface area contributed by atoms with E-state index in [9.17, 15) is 0 Å². The molecule has 2 aliphatic rings. The number of nitrogens with one attached hydrogen (secondary N) is 2. The van der Waals surface area contributed by atoms with Gasteiger partial charge in [0, 0.05) is 12.7 Å². The predicted molar refractivity (Wildman–Crippen MR) is 59.9 cm³/mol. The third-order valence-corrected chi connectivity index (χ3v) is 2.20. The van der Waals surface area contributed by atoms with Crippen LogP contribution in [0.15, 0.2) is 0 Å². The Morgan fingerprint density at radius 1 is 0.842 bits per heavy atom. The predicted octanol–water partition coefficient (Wildman–Crippen LogP) is -8.17. The Kier molecular flexibility index (Phi) is 18.9. The van der Waals surface area contributed by atoms with Crippen LogP contribution in [0.1, 0.15) is 12.8 Å². The third-order valence-electron chi connectivity index (χ3n) is 2.20. The molecule has 2 aliphatic heterocycles. The van der Waals surface area contributed by atoms with E-state index in [1.165, 1.54) is 0 Å². The summed E-state index contributed by atoms with van der Waals surface area (Å²) in [5.74, 6) is 0. The van der Waals surface area contributed by atoms with Crippen LogP contribution in [-0.4, -0.2) is 48.3 Å². The maximum absolute atomic E-state index is 8.72. The molecule has 0 aliphatic carbocycles. The molecular formula is C8H20Br2N6O2Pd-2. The zero-order valence-electron chi connectivity index (χ0n) is 10.2. The molecule has 2 heterocycles. The number of nitrogens with two attached hydrogens (primary N) is 2. The van der Waals surface area contributed by atoms with Crippen molar-refractivity contribution in [1.82, 2.24) is 10.6 Å². The Hall–Kier alpha value is 1.30. The molecular weight excluding hydrogens is 478 g/mol. The van der Waals surface area contributed by atoms with Crippen LogP contribution in [0.25, 0.3) is 10.6 Å². The Morgan fingerprint density at radius 2 is 1.16 bits per heavy atom. The Bertz CT molecular complexity index is 174. The van der Waals surface area contributed by atoms with E-state index in [4.69, 9.17) is 21.7 Å². The van der Waals surface area contributed by atoms with Crippen molar-refractivity contribution in [1.29, 1.82) is 0 Å². The van der Waals surface area contributed by atoms with Gasteiger partial charge in [0.25, 0.3) is 0 Å². The van der Waals surface area contributed by atoms with Crippen molar-refractivity contribution in [3.63, 3.8) is 0 Å². The molecule has 2 saturated heterocycles. The van der Waals surface area contributed by atoms with Gasteiger partial charge in [-0.1, -0.05) is 12.3 Å². The van der Waals surface area contributed by atoms with Gasteiger partial charge in [0.1, 0.15) is 0 Å². The summed E-state index contributed by atoms with van der Waals surface area (Å²) in [5, 5.41) is 30.3. The maximum Gasteiger partial charge on any atom is 2.00 e. The molecule has 0 aromatic heterocycles. The van der Waals surface area contributed by atoms with E-state index >= 15 is 0 Å². The number of halogens is 2. The van der Waals surface area contributed by atoms with Crippen molar-refractivity contribution in [3.8, 4) is 0 Å². The molecule has 2 fully saturated rings. The molecule has 0 spiro atoms. The van der Waals surface area contributed by atoms with Gasteiger partial charge < -0.3 is 76.9 Å². The minimum absolute atomic E-state index is 0. The van der Waals surface area contributed by atoms with Crippen LogP contribution in [0.3, 0.4) is 0 Å². The first kappa shape index (κ1) is 25.3. The monoisotopic (exact) mass is 496 g/mol. The average molecular weight is 499 g/mol. The van der Waals surface area contributed by atoms with Gasteiger partial charge in [0.05, 0.1) is 0 Å². The summed E-state index contributed by atoms with van der Waals surface area (Å²) in [6, 6.07) is 0. The maximum atomic E-state index is 8.72. The van der Waals surface area contributed by atoms with Crippen LogP contribution in [0.2, 0.25) is 0 Å². The van der Waals surface area contributed by atoms with E-state index in [0.717, 1.165) is 25.9 Å². The van der Waals surface area contributed by atoms with Gasteiger partial charge in [-0.15, -0.1) is 0 Å². The van der Waals surface area contributed by atoms with Crippen molar-refractivity contribution in [2.24, 2.45) is 11.5 Å². The fourth-order valence-corrected chi connectivity index (χ4v) is 1.34. The smallest absolute Gasteiger partial charge is 1.00 e. The minimum atomic E-state index is -0.737. The van der Waals surface area contributed by atoms with E-state index in [0.29, 0.717) is 0 Å². The van der Waals surface area contributed by atoms with Gasteiger partial charge in [-0.3, -0.25) is 0 Å². The normalized spacial score (nSPS) is 33.5. The largest absolute Gasteiger partial charge is 2.00 e. The number of hydrogen-bond donors (Lipinski definition) is 6. The SMILES string of the molecule is NC1CCNC(O)[N-]1.NC1CCNC(O)[N-]1.[Br-].[Br-].[Pd+2]. The van der Waals surface area contributed by atoms with Crippen molar-refractivity contribution in [2.75, 3.05) is 13.1 Å². The van der Waals surface area contributed by atoms with Crippen LogP contribution < -0.4 is 56.1 Å². The number of rotatable bonds is 0. The van der Waals surface area contributed by atoms with Gasteiger partial charge >= 0.3 is 20.4 Å². The first-order valence-electron chi connectivity index (χ1n) is 5.32. The van der Waals surface area contributed by atoms with E-state index in [1.807, 2.05) is 0 Å². The molecule has 4 unspecified atom stereocenters. The van der Waals surface area contributed by atoms with Crippen LogP contribution in [0.4, 0.5) is 0 Å². The zero-order valence-corrected chi connectivity index (χ0v) is 14.9. The number of hydrogen-bond acceptors (Lipinski definition) is 6. The van der Waals surface area contributed by atoms with Crippen LogP contribution in [0, 0.1) is 0 Å². The molecule has 0 amide bonds. The van der Waals surface area contributed by atoms with Crippen molar-refractivity contribution in [2.45, 2.75) is 37.9 Å². The molecule has 2 rings (SSSR count). The van der Waals surface area contributed by atoms with Crippen LogP contribution in [0.5, 0.6) is 0 Å². The first-order chi connectivity index (χ1) is 7.58. The van der Waals surface area contributed by atoms with E-state index in [1.54, 1.807) is 0 Å². The first-order valence-corrected chi connectivity index (χ1v) is 5.32. The van der Waals surface area contributed by atoms with Crippen molar-refractivity contribution in [3.05, 3.63) is 10.6 Å². The molecule has 19 heavy (non-hydrogen) atoms. The summed E-state index contributed by atoms with van der Waals surface area (Å²) in [6.07, 6.45) is -0.191. The quantitative estimate of drug-likeness (QED) is 0.183. The van der Waals surface area contributed by atoms with E-state index < -0.39 is 12.7 Å². The summed E-state index contributed by atoms with van der Waals surface area (Å²) >= 11 is 0. The Balaban J connectivity index is -0.000000233. The summed E-state index contributed by atoms with van der Waals surface area (Å²) in [6.45, 7) is 1.51. The van der Waals surface area contributed by atoms with E-state index in [-0.39, 0.29) is 66.7 Å². The van der Waals surface area contributed by atoms with Gasteiger partial charge in [-0.05, 0) is 25.9 Å². The average Bonchev–Trinajstić information content (AvgIpc) is 2.17. The number of aliphatic hydroxyl groups is 2. The second-order valence-corrected chi connectivity index (χ2v) is 3.67. The van der Waals surface area contributed by atoms with Crippen LogP contribution >= 0.6 is 0 Å². The molecule has 120 valence electrons. The zero-order chi connectivity index (χ0) is 12.0. The fraction of sp³-hybridized carbons (Fsp3) is 1.00. The van der Waals surface area contributed by atoms with Crippen molar-refractivity contribution >= 4 is 0 Å². The van der Waals surface area contributed by atoms with Crippen LogP contribution in [-0.2, 0) is 20.4 Å². The molecule has 0 aromatic carbocycles. The molecule has 8 nitrogen and oxygen atoms in total. The summed E-state index contributed by atoms with van der Waals surface area (Å²) in [4.78, 5) is 0. The summed E-state index contributed by atoms with van der Waals surface area (Å²) < 4.78 is 0. The van der Waals surface area contributed by atoms with Gasteiger partial charge in [0.2, 0.25) is 0 Å². The molecule has 11 heteroatoms. The second kappa shape index (κ2) is 14.2. The second-order valence-electron chi connectivity index (χ2n) is 3.67. The number of nitrogens with zero attached hydrogens (tertiary/aromatic N) is 2. The molecule has 0 bridgehead atoms. The fourth-order valence-electron chi connectivity index (χ4n) is 1.34. The Morgan fingerprint density at radius 3 is 1.32 bits per heavy atom. The van der Waals surface area contributed by atoms with Gasteiger partial charge in [-0.25, -0.2) is 0 Å². The standard InChI is InChI=1S/2C4H10N3O.2BrH.Pd/c2*5-3-1-2-6-4(8)7-3;;;/h2*3-4,6,8H,1-2,5H2;2*1H;/q2*-1;;;+2/p-2. The minimum Gasteiger partial charge on any atom is -1.00 e. The molecule has 0 radical (unpaired) electrons.